The summed E-state index contributed by atoms with van der Waals surface area (Å²) in [5, 5.41) is 0. The first-order valence-electron chi connectivity index (χ1n) is 5.55. The van der Waals surface area contributed by atoms with Crippen molar-refractivity contribution in [2.45, 2.75) is 19.3 Å². The Morgan fingerprint density at radius 3 is 2.69 bits per heavy atom. The van der Waals surface area contributed by atoms with Crippen LogP contribution < -0.4 is 0 Å². The fraction of sp³-hybridized carbons (Fsp3) is 0.214. The van der Waals surface area contributed by atoms with Gasteiger partial charge in [-0.25, -0.2) is 0 Å². The Morgan fingerprint density at radius 1 is 1.06 bits per heavy atom. The van der Waals surface area contributed by atoms with Crippen molar-refractivity contribution in [3.63, 3.8) is 0 Å². The lowest BCUT2D eigenvalue weighted by molar-refractivity contribution is 0.0944. The maximum absolute atomic E-state index is 11.6. The van der Waals surface area contributed by atoms with Gasteiger partial charge in [0.2, 0.25) is 0 Å². The molecule has 0 aliphatic heterocycles. The highest BCUT2D eigenvalue weighted by Crippen LogP contribution is 2.32. The van der Waals surface area contributed by atoms with Gasteiger partial charge in [-0.3, -0.25) is 4.79 Å². The number of rotatable bonds is 1. The second kappa shape index (κ2) is 3.63. The lowest BCUT2D eigenvalue weighted by Crippen LogP contribution is -2.08. The smallest absolute Gasteiger partial charge is 0.198 e. The molecule has 1 aromatic heterocycles. The van der Waals surface area contributed by atoms with Crippen LogP contribution >= 0.6 is 0 Å². The average molecular weight is 212 g/mol. The summed E-state index contributed by atoms with van der Waals surface area (Å²) in [6.07, 6.45) is 4.21. The van der Waals surface area contributed by atoms with Gasteiger partial charge in [-0.05, 0) is 18.4 Å². The molecular weight excluding hydrogens is 200 g/mol. The van der Waals surface area contributed by atoms with Gasteiger partial charge in [-0.15, -0.1) is 0 Å². The predicted octanol–water partition coefficient (Wildman–Crippen LogP) is 3.47. The number of hydrogen-bond donors (Lipinski definition) is 0. The number of carbonyl (C=O) groups excluding carboxylic acids is 1. The fourth-order valence-electron chi connectivity index (χ4n) is 2.26. The van der Waals surface area contributed by atoms with E-state index in [1.807, 2.05) is 30.3 Å². The number of hydrogen-bond acceptors (Lipinski definition) is 2. The SMILES string of the molecule is O=C1CCCc2c(-c3ccccc3)coc21. The number of furan rings is 1. The summed E-state index contributed by atoms with van der Waals surface area (Å²) in [5.41, 5.74) is 3.29. The molecule has 0 spiro atoms. The van der Waals surface area contributed by atoms with E-state index < -0.39 is 0 Å². The number of Topliss-reactive ketones (excluding diaryl/α,β-unsaturated/α-hetero) is 1. The van der Waals surface area contributed by atoms with Crippen molar-refractivity contribution in [3.8, 4) is 11.1 Å². The van der Waals surface area contributed by atoms with E-state index in [2.05, 4.69) is 0 Å². The highest BCUT2D eigenvalue weighted by molar-refractivity contribution is 5.97. The molecule has 2 aromatic rings. The summed E-state index contributed by atoms with van der Waals surface area (Å²) in [5.74, 6) is 0.716. The highest BCUT2D eigenvalue weighted by atomic mass is 16.3. The Morgan fingerprint density at radius 2 is 1.88 bits per heavy atom. The number of ketones is 1. The first kappa shape index (κ1) is 9.40. The minimum atomic E-state index is 0.142. The van der Waals surface area contributed by atoms with Crippen LogP contribution in [0.15, 0.2) is 41.0 Å². The molecule has 2 nitrogen and oxygen atoms in total. The average Bonchev–Trinajstić information content (AvgIpc) is 2.75. The van der Waals surface area contributed by atoms with Gasteiger partial charge in [-0.2, -0.15) is 0 Å². The first-order chi connectivity index (χ1) is 7.86. The van der Waals surface area contributed by atoms with E-state index in [1.165, 1.54) is 0 Å². The number of fused-ring (bicyclic) bond motifs is 1. The van der Waals surface area contributed by atoms with E-state index >= 15 is 0 Å². The summed E-state index contributed by atoms with van der Waals surface area (Å²) >= 11 is 0. The van der Waals surface area contributed by atoms with Crippen LogP contribution in [0.4, 0.5) is 0 Å². The lowest BCUT2D eigenvalue weighted by atomic mass is 9.92. The number of carbonyl (C=O) groups is 1. The van der Waals surface area contributed by atoms with E-state index in [-0.39, 0.29) is 5.78 Å². The first-order valence-corrected chi connectivity index (χ1v) is 5.55. The Kier molecular flexibility index (Phi) is 2.13. The Balaban J connectivity index is 2.13. The quantitative estimate of drug-likeness (QED) is 0.724. The van der Waals surface area contributed by atoms with Crippen LogP contribution in [0.3, 0.4) is 0 Å². The van der Waals surface area contributed by atoms with Gasteiger partial charge >= 0.3 is 0 Å². The molecule has 0 radical (unpaired) electrons. The van der Waals surface area contributed by atoms with Crippen LogP contribution in [0.1, 0.15) is 29.0 Å². The van der Waals surface area contributed by atoms with E-state index in [4.69, 9.17) is 4.42 Å². The molecule has 0 bridgehead atoms. The van der Waals surface area contributed by atoms with Gasteiger partial charge in [-0.1, -0.05) is 30.3 Å². The van der Waals surface area contributed by atoms with Gasteiger partial charge in [0, 0.05) is 17.5 Å². The van der Waals surface area contributed by atoms with Crippen LogP contribution in [0, 0.1) is 0 Å². The third kappa shape index (κ3) is 1.38. The molecule has 0 fully saturated rings. The topological polar surface area (TPSA) is 30.2 Å². The maximum atomic E-state index is 11.6. The van der Waals surface area contributed by atoms with Crippen LogP contribution in [0.2, 0.25) is 0 Å². The van der Waals surface area contributed by atoms with E-state index in [9.17, 15) is 4.79 Å². The maximum Gasteiger partial charge on any atom is 0.198 e. The molecule has 0 saturated heterocycles. The Labute approximate surface area is 93.9 Å². The summed E-state index contributed by atoms with van der Waals surface area (Å²) in [7, 11) is 0. The largest absolute Gasteiger partial charge is 0.460 e. The molecule has 80 valence electrons. The minimum Gasteiger partial charge on any atom is -0.460 e. The van der Waals surface area contributed by atoms with Crippen molar-refractivity contribution in [2.24, 2.45) is 0 Å². The highest BCUT2D eigenvalue weighted by Gasteiger charge is 2.24. The zero-order valence-corrected chi connectivity index (χ0v) is 8.90. The van der Waals surface area contributed by atoms with Gasteiger partial charge in [0.05, 0.1) is 6.26 Å². The van der Waals surface area contributed by atoms with Crippen molar-refractivity contribution in [3.05, 3.63) is 47.9 Å². The third-order valence-corrected chi connectivity index (χ3v) is 3.06. The van der Waals surface area contributed by atoms with Crippen molar-refractivity contribution < 1.29 is 9.21 Å². The van der Waals surface area contributed by atoms with Crippen molar-refractivity contribution in [1.82, 2.24) is 0 Å². The predicted molar refractivity (Wildman–Crippen MR) is 61.4 cm³/mol. The molecular formula is C14H12O2. The molecule has 3 rings (SSSR count). The molecule has 1 heterocycles. The molecule has 1 aliphatic carbocycles. The molecule has 0 amide bonds. The Hall–Kier alpha value is -1.83. The Bertz CT molecular complexity index is 523. The van der Waals surface area contributed by atoms with E-state index in [0.717, 1.165) is 29.5 Å². The molecule has 0 atom stereocenters. The summed E-state index contributed by atoms with van der Waals surface area (Å²) in [6, 6.07) is 10.1. The summed E-state index contributed by atoms with van der Waals surface area (Å²) in [4.78, 5) is 11.6. The monoisotopic (exact) mass is 212 g/mol. The zero-order chi connectivity index (χ0) is 11.0. The second-order valence-corrected chi connectivity index (χ2v) is 4.10. The standard InChI is InChI=1S/C14H12O2/c15-13-8-4-7-11-12(9-16-14(11)13)10-5-2-1-3-6-10/h1-3,5-6,9H,4,7-8H2. The van der Waals surface area contributed by atoms with Crippen LogP contribution in [-0.4, -0.2) is 5.78 Å². The van der Waals surface area contributed by atoms with Crippen LogP contribution in [0.5, 0.6) is 0 Å². The van der Waals surface area contributed by atoms with Gasteiger partial charge in [0.1, 0.15) is 0 Å². The molecule has 2 heteroatoms. The molecule has 0 saturated carbocycles. The summed E-state index contributed by atoms with van der Waals surface area (Å²) in [6.45, 7) is 0. The fourth-order valence-corrected chi connectivity index (χ4v) is 2.26. The van der Waals surface area contributed by atoms with Gasteiger partial charge in [0.25, 0.3) is 0 Å². The summed E-state index contributed by atoms with van der Waals surface area (Å²) < 4.78 is 5.40. The second-order valence-electron chi connectivity index (χ2n) is 4.10. The lowest BCUT2D eigenvalue weighted by Gasteiger charge is -2.10. The van der Waals surface area contributed by atoms with Crippen LogP contribution in [-0.2, 0) is 6.42 Å². The van der Waals surface area contributed by atoms with Crippen molar-refractivity contribution >= 4 is 5.78 Å². The molecule has 16 heavy (non-hydrogen) atoms. The van der Waals surface area contributed by atoms with E-state index in [0.29, 0.717) is 12.2 Å². The van der Waals surface area contributed by atoms with Gasteiger partial charge < -0.3 is 4.42 Å². The minimum absolute atomic E-state index is 0.142. The van der Waals surface area contributed by atoms with Crippen LogP contribution in [0.25, 0.3) is 11.1 Å². The number of benzene rings is 1. The molecule has 1 aliphatic rings. The van der Waals surface area contributed by atoms with E-state index in [1.54, 1.807) is 6.26 Å². The van der Waals surface area contributed by atoms with Crippen molar-refractivity contribution in [2.75, 3.05) is 0 Å². The van der Waals surface area contributed by atoms with Crippen molar-refractivity contribution in [1.29, 1.82) is 0 Å². The normalized spacial score (nSPS) is 14.9. The zero-order valence-electron chi connectivity index (χ0n) is 8.90. The third-order valence-electron chi connectivity index (χ3n) is 3.06. The molecule has 0 N–H and O–H groups in total. The van der Waals surface area contributed by atoms with Gasteiger partial charge in [0.15, 0.2) is 11.5 Å². The molecule has 0 unspecified atom stereocenters. The molecule has 1 aromatic carbocycles.